The molecule has 0 radical (unpaired) electrons. The van der Waals surface area contributed by atoms with Gasteiger partial charge in [0.2, 0.25) is 5.91 Å². The lowest BCUT2D eigenvalue weighted by Gasteiger charge is -2.19. The van der Waals surface area contributed by atoms with Crippen molar-refractivity contribution in [2.45, 2.75) is 32.1 Å². The van der Waals surface area contributed by atoms with E-state index in [1.54, 1.807) is 24.1 Å². The van der Waals surface area contributed by atoms with Gasteiger partial charge in [-0.2, -0.15) is 0 Å². The Morgan fingerprint density at radius 1 is 0.927 bits per heavy atom. The van der Waals surface area contributed by atoms with Crippen LogP contribution in [0.15, 0.2) is 66.7 Å². The van der Waals surface area contributed by atoms with Crippen LogP contribution in [-0.2, 0) is 20.8 Å². The van der Waals surface area contributed by atoms with Gasteiger partial charge < -0.3 is 25.5 Å². The van der Waals surface area contributed by atoms with Gasteiger partial charge in [0.1, 0.15) is 0 Å². The van der Waals surface area contributed by atoms with Crippen LogP contribution in [0.4, 0.5) is 17.1 Å². The second kappa shape index (κ2) is 13.5. The number of fused-ring (bicyclic) bond motifs is 1. The number of carboxylic acids is 1. The molecule has 9 heteroatoms. The molecule has 0 bridgehead atoms. The predicted molar refractivity (Wildman–Crippen MR) is 165 cm³/mol. The number of rotatable bonds is 12. The van der Waals surface area contributed by atoms with Crippen molar-refractivity contribution in [1.29, 1.82) is 0 Å². The first-order valence-electron chi connectivity index (χ1n) is 13.6. The van der Waals surface area contributed by atoms with Crippen molar-refractivity contribution in [2.75, 3.05) is 43.2 Å². The number of carbonyl (C=O) groups excluding carboxylic acids is 2. The predicted octanol–water partition coefficient (Wildman–Crippen LogP) is 5.98. The van der Waals surface area contributed by atoms with Gasteiger partial charge in [-0.25, -0.2) is 0 Å². The van der Waals surface area contributed by atoms with Crippen molar-refractivity contribution in [3.8, 4) is 0 Å². The summed E-state index contributed by atoms with van der Waals surface area (Å²) in [4.78, 5) is 40.7. The first-order valence-corrected chi connectivity index (χ1v) is 13.9. The highest BCUT2D eigenvalue weighted by molar-refractivity contribution is 6.38. The van der Waals surface area contributed by atoms with Crippen LogP contribution in [0.2, 0.25) is 5.02 Å². The maximum atomic E-state index is 13.2. The molecule has 0 unspecified atom stereocenters. The van der Waals surface area contributed by atoms with Crippen LogP contribution in [-0.4, -0.2) is 55.5 Å². The molecule has 0 saturated carbocycles. The summed E-state index contributed by atoms with van der Waals surface area (Å²) in [5.41, 5.74) is 5.63. The molecule has 2 amide bonds. The molecular weight excluding hydrogens is 540 g/mol. The topological polar surface area (TPSA) is 102 Å². The number of nitrogens with zero attached hydrogens (tertiary/aromatic N) is 2. The number of nitrogens with one attached hydrogen (secondary N) is 2. The number of aliphatic carboxylic acids is 1. The van der Waals surface area contributed by atoms with E-state index in [9.17, 15) is 14.4 Å². The third-order valence-corrected chi connectivity index (χ3v) is 7.23. The zero-order valence-electron chi connectivity index (χ0n) is 23.5. The number of benzene rings is 3. The summed E-state index contributed by atoms with van der Waals surface area (Å²) in [6, 6.07) is 20.3. The highest BCUT2D eigenvalue weighted by atomic mass is 35.5. The second-order valence-electron chi connectivity index (χ2n) is 10.4. The minimum Gasteiger partial charge on any atom is -0.481 e. The minimum atomic E-state index is -0.850. The van der Waals surface area contributed by atoms with E-state index in [1.165, 1.54) is 0 Å². The molecule has 1 aliphatic rings. The lowest BCUT2D eigenvalue weighted by molar-refractivity contribution is -0.137. The molecule has 214 valence electrons. The van der Waals surface area contributed by atoms with Gasteiger partial charge in [0.15, 0.2) is 0 Å². The van der Waals surface area contributed by atoms with Crippen LogP contribution in [0.25, 0.3) is 11.3 Å². The largest absolute Gasteiger partial charge is 0.481 e. The highest BCUT2D eigenvalue weighted by Crippen LogP contribution is 2.39. The summed E-state index contributed by atoms with van der Waals surface area (Å²) >= 11 is 6.17. The second-order valence-corrected chi connectivity index (χ2v) is 10.8. The maximum absolute atomic E-state index is 13.2. The van der Waals surface area contributed by atoms with Crippen molar-refractivity contribution in [1.82, 2.24) is 4.90 Å². The third-order valence-electron chi connectivity index (χ3n) is 6.99. The van der Waals surface area contributed by atoms with Crippen LogP contribution in [0.3, 0.4) is 0 Å². The van der Waals surface area contributed by atoms with E-state index < -0.39 is 5.97 Å². The molecule has 3 N–H and O–H groups in total. The van der Waals surface area contributed by atoms with E-state index in [-0.39, 0.29) is 18.2 Å². The molecule has 4 rings (SSSR count). The smallest absolute Gasteiger partial charge is 0.303 e. The number of amides is 2. The van der Waals surface area contributed by atoms with Gasteiger partial charge in [-0.15, -0.1) is 0 Å². The van der Waals surface area contributed by atoms with E-state index in [2.05, 4.69) is 15.5 Å². The number of aryl methyl sites for hydroxylation is 1. The Morgan fingerprint density at radius 2 is 1.63 bits per heavy atom. The number of unbranched alkanes of at least 4 members (excludes halogenated alkanes) is 1. The average molecular weight is 575 g/mol. The number of hydrogen-bond acceptors (Lipinski definition) is 5. The fourth-order valence-electron chi connectivity index (χ4n) is 4.69. The first kappa shape index (κ1) is 29.8. The molecule has 0 atom stereocenters. The molecule has 0 spiro atoms. The summed E-state index contributed by atoms with van der Waals surface area (Å²) in [6.07, 6.45) is 2.75. The molecular formula is C32H35ClN4O4. The zero-order valence-corrected chi connectivity index (χ0v) is 24.3. The Morgan fingerprint density at radius 3 is 2.29 bits per heavy atom. The van der Waals surface area contributed by atoms with Gasteiger partial charge in [-0.3, -0.25) is 14.4 Å². The Hall–Kier alpha value is -4.14. The Balaban J connectivity index is 1.60. The number of carbonyl (C=O) groups is 3. The maximum Gasteiger partial charge on any atom is 0.303 e. The standard InChI is InChI=1S/C32H35ClN4O4/c1-36(2)19-5-4-6-28(38)37(3)25-15-13-24(14-16-25)34-31(22-10-7-21(8-11-22)9-18-29(39)40)30-26-17-12-23(33)20-27(26)35-32(30)41/h7-8,10-17,20,34H,4-6,9,18-19H2,1-3H3,(H,35,41)(H,39,40). The van der Waals surface area contributed by atoms with E-state index >= 15 is 0 Å². The van der Waals surface area contributed by atoms with Crippen molar-refractivity contribution in [3.05, 3.63) is 88.4 Å². The molecule has 8 nitrogen and oxygen atoms in total. The number of halogens is 1. The van der Waals surface area contributed by atoms with E-state index in [1.807, 2.05) is 68.7 Å². The van der Waals surface area contributed by atoms with Crippen LogP contribution in [0.5, 0.6) is 0 Å². The SMILES string of the molecule is CN(C)CCCCC(=O)N(C)c1ccc(NC(=C2C(=O)Nc3cc(Cl)ccc32)c2ccc(CCC(=O)O)cc2)cc1. The minimum absolute atomic E-state index is 0.0431. The lowest BCUT2D eigenvalue weighted by Crippen LogP contribution is -2.26. The molecule has 3 aromatic carbocycles. The molecule has 1 heterocycles. The first-order chi connectivity index (χ1) is 19.6. The molecule has 0 fully saturated rings. The molecule has 41 heavy (non-hydrogen) atoms. The monoisotopic (exact) mass is 574 g/mol. The van der Waals surface area contributed by atoms with Gasteiger partial charge in [0, 0.05) is 41.9 Å². The van der Waals surface area contributed by atoms with Crippen LogP contribution < -0.4 is 15.5 Å². The number of anilines is 3. The van der Waals surface area contributed by atoms with Gasteiger partial charge in [0.05, 0.1) is 17.0 Å². The van der Waals surface area contributed by atoms with Crippen molar-refractivity contribution in [2.24, 2.45) is 0 Å². The summed E-state index contributed by atoms with van der Waals surface area (Å²) in [5, 5.41) is 15.9. The Labute approximate surface area is 245 Å². The highest BCUT2D eigenvalue weighted by Gasteiger charge is 2.28. The Kier molecular flexibility index (Phi) is 9.81. The fraction of sp³-hybridized carbons (Fsp3) is 0.281. The van der Waals surface area contributed by atoms with Gasteiger partial charge >= 0.3 is 5.97 Å². The van der Waals surface area contributed by atoms with E-state index in [4.69, 9.17) is 16.7 Å². The average Bonchev–Trinajstić information content (AvgIpc) is 3.27. The van der Waals surface area contributed by atoms with Crippen molar-refractivity contribution in [3.63, 3.8) is 0 Å². The van der Waals surface area contributed by atoms with E-state index in [0.717, 1.165) is 47.5 Å². The summed E-state index contributed by atoms with van der Waals surface area (Å²) in [6.45, 7) is 0.954. The van der Waals surface area contributed by atoms with Crippen molar-refractivity contribution < 1.29 is 19.5 Å². The molecule has 0 aromatic heterocycles. The van der Waals surface area contributed by atoms with Gasteiger partial charge in [-0.05, 0) is 87.4 Å². The summed E-state index contributed by atoms with van der Waals surface area (Å²) in [7, 11) is 5.83. The number of hydrogen-bond donors (Lipinski definition) is 3. The summed E-state index contributed by atoms with van der Waals surface area (Å²) < 4.78 is 0. The third kappa shape index (κ3) is 7.74. The normalized spacial score (nSPS) is 13.5. The van der Waals surface area contributed by atoms with Crippen LogP contribution in [0.1, 0.15) is 42.4 Å². The van der Waals surface area contributed by atoms with Gasteiger partial charge in [0.25, 0.3) is 5.91 Å². The van der Waals surface area contributed by atoms with Crippen LogP contribution >= 0.6 is 11.6 Å². The van der Waals surface area contributed by atoms with Crippen molar-refractivity contribution >= 4 is 57.7 Å². The lowest BCUT2D eigenvalue weighted by atomic mass is 9.98. The Bertz CT molecular complexity index is 1450. The number of carboxylic acid groups (broad SMARTS) is 1. The zero-order chi connectivity index (χ0) is 29.5. The van der Waals surface area contributed by atoms with Crippen LogP contribution in [0, 0.1) is 0 Å². The molecule has 0 saturated heterocycles. The molecule has 3 aromatic rings. The van der Waals surface area contributed by atoms with E-state index in [0.29, 0.717) is 34.8 Å². The van der Waals surface area contributed by atoms with Gasteiger partial charge in [-0.1, -0.05) is 41.9 Å². The fourth-order valence-corrected chi connectivity index (χ4v) is 4.86. The molecule has 0 aliphatic carbocycles. The quantitative estimate of drug-likeness (QED) is 0.182. The molecule has 1 aliphatic heterocycles. The summed E-state index contributed by atoms with van der Waals surface area (Å²) in [5.74, 6) is -1.04.